The standard InChI is InChI=1S/C14H15FN2O/c1-17-10-12(9-16-17)4-7-14(18)8-11-2-5-13(15)6-3-11/h2-3,5-6,9-10H,4,7-8H2,1H3. The Morgan fingerprint density at radius 2 is 2.00 bits per heavy atom. The fraction of sp³-hybridized carbons (Fsp3) is 0.286. The van der Waals surface area contributed by atoms with Crippen LogP contribution in [0.2, 0.25) is 0 Å². The van der Waals surface area contributed by atoms with Crippen molar-refractivity contribution in [3.05, 3.63) is 53.6 Å². The summed E-state index contributed by atoms with van der Waals surface area (Å²) in [5.41, 5.74) is 1.91. The van der Waals surface area contributed by atoms with Crippen molar-refractivity contribution in [2.45, 2.75) is 19.3 Å². The second-order valence-electron chi connectivity index (χ2n) is 4.36. The summed E-state index contributed by atoms with van der Waals surface area (Å²) in [5.74, 6) is -0.118. The molecule has 0 N–H and O–H groups in total. The largest absolute Gasteiger partial charge is 0.299 e. The Morgan fingerprint density at radius 1 is 1.28 bits per heavy atom. The van der Waals surface area contributed by atoms with Crippen molar-refractivity contribution < 1.29 is 9.18 Å². The average molecular weight is 246 g/mol. The normalized spacial score (nSPS) is 10.6. The molecule has 3 nitrogen and oxygen atoms in total. The van der Waals surface area contributed by atoms with Crippen molar-refractivity contribution in [1.29, 1.82) is 0 Å². The number of Topliss-reactive ketones (excluding diaryl/α,β-unsaturated/α-hetero) is 1. The van der Waals surface area contributed by atoms with Crippen LogP contribution in [0.25, 0.3) is 0 Å². The molecular weight excluding hydrogens is 231 g/mol. The van der Waals surface area contributed by atoms with Gasteiger partial charge in [0.1, 0.15) is 11.6 Å². The number of aryl methyl sites for hydroxylation is 2. The van der Waals surface area contributed by atoms with Gasteiger partial charge in [0.2, 0.25) is 0 Å². The number of hydrogen-bond acceptors (Lipinski definition) is 2. The lowest BCUT2D eigenvalue weighted by Gasteiger charge is -2.00. The molecule has 0 spiro atoms. The van der Waals surface area contributed by atoms with Gasteiger partial charge >= 0.3 is 0 Å². The van der Waals surface area contributed by atoms with Crippen LogP contribution < -0.4 is 0 Å². The molecule has 0 fully saturated rings. The zero-order chi connectivity index (χ0) is 13.0. The summed E-state index contributed by atoms with van der Waals surface area (Å²) in [6, 6.07) is 6.06. The second-order valence-corrected chi connectivity index (χ2v) is 4.36. The van der Waals surface area contributed by atoms with Crippen LogP contribution in [-0.4, -0.2) is 15.6 Å². The van der Waals surface area contributed by atoms with Crippen LogP contribution >= 0.6 is 0 Å². The van der Waals surface area contributed by atoms with Crippen LogP contribution in [0.15, 0.2) is 36.7 Å². The van der Waals surface area contributed by atoms with Crippen LogP contribution in [0.1, 0.15) is 17.5 Å². The van der Waals surface area contributed by atoms with Gasteiger partial charge in [-0.15, -0.1) is 0 Å². The fourth-order valence-corrected chi connectivity index (χ4v) is 1.80. The van der Waals surface area contributed by atoms with E-state index in [4.69, 9.17) is 0 Å². The predicted molar refractivity (Wildman–Crippen MR) is 66.6 cm³/mol. The number of aromatic nitrogens is 2. The first-order chi connectivity index (χ1) is 8.63. The molecule has 0 amide bonds. The number of nitrogens with zero attached hydrogens (tertiary/aromatic N) is 2. The molecule has 1 aromatic heterocycles. The first-order valence-electron chi connectivity index (χ1n) is 5.87. The van der Waals surface area contributed by atoms with Gasteiger partial charge in [0.25, 0.3) is 0 Å². The van der Waals surface area contributed by atoms with Crippen molar-refractivity contribution in [1.82, 2.24) is 9.78 Å². The number of halogens is 1. The highest BCUT2D eigenvalue weighted by atomic mass is 19.1. The van der Waals surface area contributed by atoms with E-state index in [9.17, 15) is 9.18 Å². The van der Waals surface area contributed by atoms with Crippen LogP contribution in [0.3, 0.4) is 0 Å². The Kier molecular flexibility index (Phi) is 3.87. The Bertz CT molecular complexity index is 531. The summed E-state index contributed by atoms with van der Waals surface area (Å²) < 4.78 is 14.4. The fourth-order valence-electron chi connectivity index (χ4n) is 1.80. The lowest BCUT2D eigenvalue weighted by atomic mass is 10.0. The Morgan fingerprint density at radius 3 is 2.61 bits per heavy atom. The van der Waals surface area contributed by atoms with Gasteiger partial charge in [-0.3, -0.25) is 9.48 Å². The number of carbonyl (C=O) groups excluding carboxylic acids is 1. The molecule has 0 saturated heterocycles. The van der Waals surface area contributed by atoms with E-state index in [0.29, 0.717) is 19.3 Å². The van der Waals surface area contributed by atoms with Gasteiger partial charge in [-0.05, 0) is 29.7 Å². The van der Waals surface area contributed by atoms with E-state index in [2.05, 4.69) is 5.10 Å². The minimum atomic E-state index is -0.276. The van der Waals surface area contributed by atoms with Gasteiger partial charge in [0.05, 0.1) is 6.20 Å². The van der Waals surface area contributed by atoms with Gasteiger partial charge in [-0.2, -0.15) is 5.10 Å². The molecule has 0 atom stereocenters. The zero-order valence-corrected chi connectivity index (χ0v) is 10.3. The van der Waals surface area contributed by atoms with E-state index in [0.717, 1.165) is 11.1 Å². The third-order valence-corrected chi connectivity index (χ3v) is 2.77. The molecule has 94 valence electrons. The summed E-state index contributed by atoms with van der Waals surface area (Å²) in [6.45, 7) is 0. The molecule has 18 heavy (non-hydrogen) atoms. The minimum absolute atomic E-state index is 0.158. The van der Waals surface area contributed by atoms with Gasteiger partial charge < -0.3 is 0 Å². The topological polar surface area (TPSA) is 34.9 Å². The van der Waals surface area contributed by atoms with E-state index < -0.39 is 0 Å². The number of ketones is 1. The number of benzene rings is 1. The van der Waals surface area contributed by atoms with Crippen molar-refractivity contribution in [3.8, 4) is 0 Å². The SMILES string of the molecule is Cn1cc(CCC(=O)Cc2ccc(F)cc2)cn1. The third-order valence-electron chi connectivity index (χ3n) is 2.77. The van der Waals surface area contributed by atoms with Crippen molar-refractivity contribution in [3.63, 3.8) is 0 Å². The number of rotatable bonds is 5. The van der Waals surface area contributed by atoms with Gasteiger partial charge in [0, 0.05) is 26.1 Å². The monoisotopic (exact) mass is 246 g/mol. The molecule has 0 aliphatic heterocycles. The van der Waals surface area contributed by atoms with Crippen LogP contribution in [-0.2, 0) is 24.7 Å². The predicted octanol–water partition coefficient (Wildman–Crippen LogP) is 2.30. The average Bonchev–Trinajstić information content (AvgIpc) is 2.76. The molecule has 1 aromatic carbocycles. The Labute approximate surface area is 105 Å². The number of carbonyl (C=O) groups is 1. The van der Waals surface area contributed by atoms with Gasteiger partial charge in [-0.1, -0.05) is 12.1 Å². The van der Waals surface area contributed by atoms with Crippen LogP contribution in [0.5, 0.6) is 0 Å². The molecule has 4 heteroatoms. The summed E-state index contributed by atoms with van der Waals surface area (Å²) in [5, 5.41) is 4.05. The molecule has 0 aliphatic rings. The van der Waals surface area contributed by atoms with Crippen molar-refractivity contribution in [2.75, 3.05) is 0 Å². The highest BCUT2D eigenvalue weighted by Gasteiger charge is 2.05. The van der Waals surface area contributed by atoms with E-state index >= 15 is 0 Å². The lowest BCUT2D eigenvalue weighted by Crippen LogP contribution is -2.04. The summed E-state index contributed by atoms with van der Waals surface area (Å²) >= 11 is 0. The number of hydrogen-bond donors (Lipinski definition) is 0. The van der Waals surface area contributed by atoms with E-state index in [1.807, 2.05) is 13.2 Å². The molecule has 0 unspecified atom stereocenters. The van der Waals surface area contributed by atoms with E-state index in [1.165, 1.54) is 12.1 Å². The van der Waals surface area contributed by atoms with Crippen LogP contribution in [0, 0.1) is 5.82 Å². The highest BCUT2D eigenvalue weighted by molar-refractivity contribution is 5.81. The van der Waals surface area contributed by atoms with E-state index in [1.54, 1.807) is 23.0 Å². The maximum atomic E-state index is 12.7. The minimum Gasteiger partial charge on any atom is -0.299 e. The maximum Gasteiger partial charge on any atom is 0.137 e. The van der Waals surface area contributed by atoms with Crippen molar-refractivity contribution in [2.24, 2.45) is 7.05 Å². The first-order valence-corrected chi connectivity index (χ1v) is 5.87. The van der Waals surface area contributed by atoms with Crippen LogP contribution in [0.4, 0.5) is 4.39 Å². The molecule has 2 aromatic rings. The molecule has 0 radical (unpaired) electrons. The summed E-state index contributed by atoms with van der Waals surface area (Å²) in [4.78, 5) is 11.8. The quantitative estimate of drug-likeness (QED) is 0.811. The molecule has 0 aliphatic carbocycles. The maximum absolute atomic E-state index is 12.7. The molecular formula is C14H15FN2O. The third kappa shape index (κ3) is 3.52. The smallest absolute Gasteiger partial charge is 0.137 e. The molecule has 2 rings (SSSR count). The second kappa shape index (κ2) is 5.58. The van der Waals surface area contributed by atoms with Crippen molar-refractivity contribution >= 4 is 5.78 Å². The molecule has 0 bridgehead atoms. The zero-order valence-electron chi connectivity index (χ0n) is 10.3. The Balaban J connectivity index is 1.83. The summed E-state index contributed by atoms with van der Waals surface area (Å²) in [6.07, 6.45) is 5.23. The highest BCUT2D eigenvalue weighted by Crippen LogP contribution is 2.07. The first kappa shape index (κ1) is 12.5. The molecule has 0 saturated carbocycles. The Hall–Kier alpha value is -1.97. The summed E-state index contributed by atoms with van der Waals surface area (Å²) in [7, 11) is 1.85. The van der Waals surface area contributed by atoms with Gasteiger partial charge in [0.15, 0.2) is 0 Å². The lowest BCUT2D eigenvalue weighted by molar-refractivity contribution is -0.118. The molecule has 1 heterocycles. The van der Waals surface area contributed by atoms with E-state index in [-0.39, 0.29) is 11.6 Å². The van der Waals surface area contributed by atoms with Gasteiger partial charge in [-0.25, -0.2) is 4.39 Å².